The molecule has 2 nitrogen and oxygen atoms in total. The lowest BCUT2D eigenvalue weighted by Gasteiger charge is -2.14. The molecule has 2 aromatic carbocycles. The van der Waals surface area contributed by atoms with E-state index in [1.165, 1.54) is 12.1 Å². The molecule has 4 heteroatoms. The molecule has 0 saturated heterocycles. The van der Waals surface area contributed by atoms with Crippen LogP contribution in [0.25, 0.3) is 0 Å². The van der Waals surface area contributed by atoms with Gasteiger partial charge in [0.2, 0.25) is 0 Å². The van der Waals surface area contributed by atoms with E-state index in [1.807, 2.05) is 32.0 Å². The van der Waals surface area contributed by atoms with Gasteiger partial charge in [0.05, 0.1) is 6.61 Å². The molecular weight excluding hydrogens is 291 g/mol. The Bertz CT molecular complexity index is 614. The minimum absolute atomic E-state index is 0.238. The van der Waals surface area contributed by atoms with E-state index in [9.17, 15) is 4.39 Å². The third-order valence-corrected chi connectivity index (χ3v) is 3.46. The van der Waals surface area contributed by atoms with Gasteiger partial charge >= 0.3 is 0 Å². The summed E-state index contributed by atoms with van der Waals surface area (Å²) in [5.74, 6) is 1.53. The fourth-order valence-electron chi connectivity index (χ4n) is 2.00. The first-order valence-corrected chi connectivity index (χ1v) is 7.37. The first-order valence-electron chi connectivity index (χ1n) is 6.83. The van der Waals surface area contributed by atoms with Crippen molar-refractivity contribution in [3.05, 3.63) is 58.9 Å². The Labute approximate surface area is 129 Å². The molecule has 21 heavy (non-hydrogen) atoms. The van der Waals surface area contributed by atoms with Crippen molar-refractivity contribution in [3.63, 3.8) is 0 Å². The first-order chi connectivity index (χ1) is 10.1. The predicted octanol–water partition coefficient (Wildman–Crippen LogP) is 4.85. The van der Waals surface area contributed by atoms with Crippen molar-refractivity contribution < 1.29 is 13.9 Å². The Kier molecular flexibility index (Phi) is 5.45. The summed E-state index contributed by atoms with van der Waals surface area (Å²) in [7, 11) is 0. The standard InChI is InChI=1S/C17H18ClFO2/c1-3-20-17-9-13(10-18)4-7-16(17)21-11-14-5-6-15(19)8-12(14)2/h4-9H,3,10-11H2,1-2H3. The van der Waals surface area contributed by atoms with Crippen molar-refractivity contribution in [3.8, 4) is 11.5 Å². The lowest BCUT2D eigenvalue weighted by Crippen LogP contribution is -2.01. The Hall–Kier alpha value is -1.74. The Morgan fingerprint density at radius 3 is 2.52 bits per heavy atom. The molecule has 0 saturated carbocycles. The van der Waals surface area contributed by atoms with E-state index in [0.29, 0.717) is 30.6 Å². The summed E-state index contributed by atoms with van der Waals surface area (Å²) in [4.78, 5) is 0. The van der Waals surface area contributed by atoms with E-state index >= 15 is 0 Å². The van der Waals surface area contributed by atoms with Gasteiger partial charge in [-0.15, -0.1) is 11.6 Å². The number of benzene rings is 2. The molecule has 0 bridgehead atoms. The zero-order valence-corrected chi connectivity index (χ0v) is 12.9. The van der Waals surface area contributed by atoms with Gasteiger partial charge in [0, 0.05) is 5.88 Å². The molecule has 112 valence electrons. The summed E-state index contributed by atoms with van der Waals surface area (Å²) in [6, 6.07) is 10.3. The van der Waals surface area contributed by atoms with Crippen LogP contribution in [-0.4, -0.2) is 6.61 Å². The van der Waals surface area contributed by atoms with Crippen molar-refractivity contribution in [2.24, 2.45) is 0 Å². The van der Waals surface area contributed by atoms with Crippen molar-refractivity contribution in [1.82, 2.24) is 0 Å². The largest absolute Gasteiger partial charge is 0.490 e. The molecule has 0 amide bonds. The Morgan fingerprint density at radius 2 is 1.86 bits per heavy atom. The van der Waals surface area contributed by atoms with Gasteiger partial charge in [0.1, 0.15) is 12.4 Å². The molecule has 0 atom stereocenters. The van der Waals surface area contributed by atoms with Crippen LogP contribution in [0.4, 0.5) is 4.39 Å². The molecule has 0 unspecified atom stereocenters. The first kappa shape index (κ1) is 15.6. The third-order valence-electron chi connectivity index (χ3n) is 3.15. The number of halogens is 2. The number of hydrogen-bond donors (Lipinski definition) is 0. The van der Waals surface area contributed by atoms with Gasteiger partial charge in [-0.2, -0.15) is 0 Å². The van der Waals surface area contributed by atoms with Gasteiger partial charge in [0.25, 0.3) is 0 Å². The van der Waals surface area contributed by atoms with E-state index in [1.54, 1.807) is 6.07 Å². The molecule has 0 aromatic heterocycles. The van der Waals surface area contributed by atoms with Crippen LogP contribution < -0.4 is 9.47 Å². The highest BCUT2D eigenvalue weighted by molar-refractivity contribution is 6.17. The van der Waals surface area contributed by atoms with Crippen LogP contribution in [0.1, 0.15) is 23.6 Å². The van der Waals surface area contributed by atoms with Crippen molar-refractivity contribution >= 4 is 11.6 Å². The second kappa shape index (κ2) is 7.32. The molecule has 0 spiro atoms. The van der Waals surface area contributed by atoms with Crippen LogP contribution in [0, 0.1) is 12.7 Å². The lowest BCUT2D eigenvalue weighted by atomic mass is 10.1. The maximum absolute atomic E-state index is 13.1. The zero-order chi connectivity index (χ0) is 15.2. The van der Waals surface area contributed by atoms with Gasteiger partial charge in [-0.1, -0.05) is 12.1 Å². The average molecular weight is 309 g/mol. The minimum atomic E-state index is -0.238. The summed E-state index contributed by atoms with van der Waals surface area (Å²) < 4.78 is 24.5. The summed E-state index contributed by atoms with van der Waals surface area (Å²) in [5, 5.41) is 0. The summed E-state index contributed by atoms with van der Waals surface area (Å²) >= 11 is 5.83. The van der Waals surface area contributed by atoms with E-state index in [0.717, 1.165) is 16.7 Å². The molecule has 0 heterocycles. The molecular formula is C17H18ClFO2. The SMILES string of the molecule is CCOc1cc(CCl)ccc1OCc1ccc(F)cc1C. The second-order valence-corrected chi connectivity index (χ2v) is 4.97. The fourth-order valence-corrected chi connectivity index (χ4v) is 2.17. The average Bonchev–Trinajstić information content (AvgIpc) is 2.47. The zero-order valence-electron chi connectivity index (χ0n) is 12.2. The highest BCUT2D eigenvalue weighted by Gasteiger charge is 2.08. The number of rotatable bonds is 6. The predicted molar refractivity (Wildman–Crippen MR) is 82.6 cm³/mol. The van der Waals surface area contributed by atoms with Crippen LogP contribution in [0.2, 0.25) is 0 Å². The van der Waals surface area contributed by atoms with Crippen LogP contribution in [0.15, 0.2) is 36.4 Å². The van der Waals surface area contributed by atoms with Crippen molar-refractivity contribution in [1.29, 1.82) is 0 Å². The minimum Gasteiger partial charge on any atom is -0.490 e. The monoisotopic (exact) mass is 308 g/mol. The Balaban J connectivity index is 2.15. The van der Waals surface area contributed by atoms with Crippen molar-refractivity contribution in [2.45, 2.75) is 26.3 Å². The quantitative estimate of drug-likeness (QED) is 0.710. The van der Waals surface area contributed by atoms with Gasteiger partial charge in [-0.05, 0) is 54.8 Å². The maximum Gasteiger partial charge on any atom is 0.161 e. The second-order valence-electron chi connectivity index (χ2n) is 4.71. The third kappa shape index (κ3) is 4.11. The van der Waals surface area contributed by atoms with Crippen LogP contribution in [0.5, 0.6) is 11.5 Å². The van der Waals surface area contributed by atoms with Crippen molar-refractivity contribution in [2.75, 3.05) is 6.61 Å². The molecule has 0 aliphatic heterocycles. The van der Waals surface area contributed by atoms with Gasteiger partial charge in [-0.3, -0.25) is 0 Å². The number of aryl methyl sites for hydroxylation is 1. The molecule has 0 fully saturated rings. The van der Waals surface area contributed by atoms with Crippen LogP contribution >= 0.6 is 11.6 Å². The van der Waals surface area contributed by atoms with E-state index < -0.39 is 0 Å². The van der Waals surface area contributed by atoms with Gasteiger partial charge in [-0.25, -0.2) is 4.39 Å². The smallest absolute Gasteiger partial charge is 0.161 e. The lowest BCUT2D eigenvalue weighted by molar-refractivity contribution is 0.268. The number of hydrogen-bond acceptors (Lipinski definition) is 2. The van der Waals surface area contributed by atoms with Crippen LogP contribution in [-0.2, 0) is 12.5 Å². The molecule has 0 aliphatic carbocycles. The fraction of sp³-hybridized carbons (Fsp3) is 0.294. The molecule has 0 N–H and O–H groups in total. The van der Waals surface area contributed by atoms with Gasteiger partial charge < -0.3 is 9.47 Å². The Morgan fingerprint density at radius 1 is 1.05 bits per heavy atom. The molecule has 0 radical (unpaired) electrons. The van der Waals surface area contributed by atoms with Gasteiger partial charge in [0.15, 0.2) is 11.5 Å². The molecule has 0 aliphatic rings. The highest BCUT2D eigenvalue weighted by Crippen LogP contribution is 2.30. The van der Waals surface area contributed by atoms with E-state index in [2.05, 4.69) is 0 Å². The highest BCUT2D eigenvalue weighted by atomic mass is 35.5. The maximum atomic E-state index is 13.1. The summed E-state index contributed by atoms with van der Waals surface area (Å²) in [5.41, 5.74) is 2.79. The van der Waals surface area contributed by atoms with E-state index in [4.69, 9.17) is 21.1 Å². The topological polar surface area (TPSA) is 18.5 Å². The molecule has 2 aromatic rings. The summed E-state index contributed by atoms with van der Waals surface area (Å²) in [6.45, 7) is 4.70. The van der Waals surface area contributed by atoms with E-state index in [-0.39, 0.29) is 5.82 Å². The number of alkyl halides is 1. The number of ether oxygens (including phenoxy) is 2. The van der Waals surface area contributed by atoms with Crippen LogP contribution in [0.3, 0.4) is 0 Å². The summed E-state index contributed by atoms with van der Waals surface area (Å²) in [6.07, 6.45) is 0. The molecule has 2 rings (SSSR count). The normalized spacial score (nSPS) is 10.5.